The number of aromatic nitrogens is 6. The Labute approximate surface area is 382 Å². The van der Waals surface area contributed by atoms with Gasteiger partial charge in [-0.15, -0.1) is 0 Å². The van der Waals surface area contributed by atoms with Crippen LogP contribution in [-0.4, -0.2) is 28.7 Å². The van der Waals surface area contributed by atoms with E-state index in [9.17, 15) is 5.26 Å². The molecule has 1 aliphatic heterocycles. The van der Waals surface area contributed by atoms with Crippen LogP contribution in [0.5, 0.6) is 11.5 Å². The van der Waals surface area contributed by atoms with Crippen LogP contribution in [0.3, 0.4) is 0 Å². The van der Waals surface area contributed by atoms with Gasteiger partial charge in [0.25, 0.3) is 0 Å². The molecule has 8 heteroatoms. The summed E-state index contributed by atoms with van der Waals surface area (Å²) in [6.07, 6.45) is 7.56. The first kappa shape index (κ1) is 36.1. The van der Waals surface area contributed by atoms with Crippen molar-refractivity contribution in [3.63, 3.8) is 0 Å². The smallest absolute Gasteiger partial charge is 0.132 e. The fourth-order valence-electron chi connectivity index (χ4n) is 11.7. The molecule has 0 atom stereocenters. The lowest BCUT2D eigenvalue weighted by Gasteiger charge is -2.39. The molecule has 7 heterocycles. The van der Waals surface area contributed by atoms with Crippen LogP contribution in [0.25, 0.3) is 93.9 Å². The van der Waals surface area contributed by atoms with Gasteiger partial charge in [0.15, 0.2) is 0 Å². The lowest BCUT2D eigenvalue weighted by molar-refractivity contribution is 0.436. The van der Waals surface area contributed by atoms with Crippen LogP contribution in [0.1, 0.15) is 27.8 Å². The lowest BCUT2D eigenvalue weighted by atomic mass is 9.66. The normalized spacial score (nSPS) is 13.3. The molecule has 0 unspecified atom stereocenters. The van der Waals surface area contributed by atoms with Crippen molar-refractivity contribution in [3.8, 4) is 46.0 Å². The van der Waals surface area contributed by atoms with E-state index in [1.807, 2.05) is 49.1 Å². The molecule has 6 aromatic heterocycles. The molecule has 0 saturated carbocycles. The summed E-state index contributed by atoms with van der Waals surface area (Å²) >= 11 is 0. The quantitative estimate of drug-likeness (QED) is 0.177. The largest absolute Gasteiger partial charge is 0.457 e. The highest BCUT2D eigenvalue weighted by molar-refractivity contribution is 6.13. The number of nitriles is 1. The molecule has 67 heavy (non-hydrogen) atoms. The molecule has 7 aromatic carbocycles. The van der Waals surface area contributed by atoms with Gasteiger partial charge in [-0.1, -0.05) is 66.7 Å². The third-order valence-electron chi connectivity index (χ3n) is 14.3. The third-order valence-corrected chi connectivity index (χ3v) is 14.3. The molecule has 0 saturated heterocycles. The summed E-state index contributed by atoms with van der Waals surface area (Å²) in [5.74, 6) is 1.55. The number of ether oxygens (including phenoxy) is 1. The molecule has 15 rings (SSSR count). The average Bonchev–Trinajstić information content (AvgIpc) is 4.10. The van der Waals surface area contributed by atoms with Crippen LogP contribution in [0.2, 0.25) is 0 Å². The Morgan fingerprint density at radius 1 is 0.403 bits per heavy atom. The second kappa shape index (κ2) is 13.1. The predicted molar refractivity (Wildman–Crippen MR) is 265 cm³/mol. The molecule has 2 aliphatic rings. The van der Waals surface area contributed by atoms with Crippen LogP contribution < -0.4 is 4.74 Å². The number of fused-ring (bicyclic) bond motifs is 18. The summed E-state index contributed by atoms with van der Waals surface area (Å²) in [4.78, 5) is 14.6. The molecular formula is C59H33N7O. The highest BCUT2D eigenvalue weighted by atomic mass is 16.5. The molecule has 0 amide bonds. The maximum Gasteiger partial charge on any atom is 0.132 e. The Hall–Kier alpha value is -9.32. The van der Waals surface area contributed by atoms with Gasteiger partial charge in [0.05, 0.1) is 67.7 Å². The topological polar surface area (TPSA) is 86.5 Å². The Kier molecular flexibility index (Phi) is 7.07. The predicted octanol–water partition coefficient (Wildman–Crippen LogP) is 13.5. The fourth-order valence-corrected chi connectivity index (χ4v) is 11.7. The average molecular weight is 856 g/mol. The van der Waals surface area contributed by atoms with Crippen molar-refractivity contribution >= 4 is 65.4 Å². The Bertz CT molecular complexity index is 4260. The van der Waals surface area contributed by atoms with Crippen molar-refractivity contribution < 1.29 is 4.74 Å². The first-order chi connectivity index (χ1) is 33.2. The van der Waals surface area contributed by atoms with Crippen LogP contribution in [0.4, 0.5) is 0 Å². The number of nitrogens with zero attached hydrogens (tertiary/aromatic N) is 7. The second-order valence-corrected chi connectivity index (χ2v) is 17.5. The van der Waals surface area contributed by atoms with Gasteiger partial charge in [-0.2, -0.15) is 5.26 Å². The minimum Gasteiger partial charge on any atom is -0.457 e. The number of para-hydroxylation sites is 3. The number of pyridine rings is 3. The molecule has 1 aliphatic carbocycles. The van der Waals surface area contributed by atoms with Crippen molar-refractivity contribution in [1.29, 1.82) is 5.26 Å². The number of hydrogen-bond donors (Lipinski definition) is 0. The third kappa shape index (κ3) is 4.66. The monoisotopic (exact) mass is 855 g/mol. The fraction of sp³-hybridized carbons (Fsp3) is 0.0169. The molecule has 13 aromatic rings. The molecule has 0 bridgehead atoms. The van der Waals surface area contributed by atoms with Gasteiger partial charge < -0.3 is 18.4 Å². The minimum atomic E-state index is -0.842. The molecule has 0 radical (unpaired) electrons. The molecule has 8 nitrogen and oxygen atoms in total. The van der Waals surface area contributed by atoms with Gasteiger partial charge in [-0.25, -0.2) is 0 Å². The van der Waals surface area contributed by atoms with E-state index in [-0.39, 0.29) is 0 Å². The van der Waals surface area contributed by atoms with Gasteiger partial charge in [0.2, 0.25) is 0 Å². The second-order valence-electron chi connectivity index (χ2n) is 17.5. The van der Waals surface area contributed by atoms with E-state index >= 15 is 0 Å². The number of hydrogen-bond acceptors (Lipinski definition) is 5. The van der Waals surface area contributed by atoms with Crippen LogP contribution in [-0.2, 0) is 5.41 Å². The highest BCUT2D eigenvalue weighted by Crippen LogP contribution is 2.62. The highest BCUT2D eigenvalue weighted by Gasteiger charge is 2.52. The zero-order valence-electron chi connectivity index (χ0n) is 35.6. The number of rotatable bonds is 3. The van der Waals surface area contributed by atoms with E-state index in [0.717, 1.165) is 117 Å². The van der Waals surface area contributed by atoms with E-state index in [1.54, 1.807) is 0 Å². The molecule has 310 valence electrons. The molecule has 1 spiro atoms. The summed E-state index contributed by atoms with van der Waals surface area (Å²) < 4.78 is 14.1. The first-order valence-corrected chi connectivity index (χ1v) is 22.4. The van der Waals surface area contributed by atoms with Gasteiger partial charge in [-0.3, -0.25) is 15.0 Å². The first-order valence-electron chi connectivity index (χ1n) is 22.4. The Morgan fingerprint density at radius 2 is 0.881 bits per heavy atom. The van der Waals surface area contributed by atoms with E-state index < -0.39 is 5.41 Å². The van der Waals surface area contributed by atoms with Gasteiger partial charge in [0.1, 0.15) is 11.5 Å². The SMILES string of the molecule is N#Cc1ccc2c(c1)c1ccccc1n2-c1ccc2c(c1)C1(c3cc(-n4c5ccccc5c5cc(-n6c7ccccc7c7ccncc76)ccc54)ccc3O2)c2cccnc2-c2ncccc21. The van der Waals surface area contributed by atoms with E-state index in [0.29, 0.717) is 5.56 Å². The number of benzene rings is 7. The summed E-state index contributed by atoms with van der Waals surface area (Å²) in [7, 11) is 0. The van der Waals surface area contributed by atoms with Crippen molar-refractivity contribution in [2.45, 2.75) is 5.41 Å². The van der Waals surface area contributed by atoms with Crippen molar-refractivity contribution in [1.82, 2.24) is 28.7 Å². The van der Waals surface area contributed by atoms with Gasteiger partial charge in [-0.05, 0) is 120 Å². The van der Waals surface area contributed by atoms with E-state index in [2.05, 4.69) is 176 Å². The Morgan fingerprint density at radius 3 is 1.48 bits per heavy atom. The summed E-state index contributed by atoms with van der Waals surface area (Å²) in [6.45, 7) is 0. The molecule has 0 fully saturated rings. The zero-order valence-corrected chi connectivity index (χ0v) is 35.6. The summed E-state index contributed by atoms with van der Waals surface area (Å²) in [5, 5.41) is 16.7. The standard InChI is InChI=1S/C59H33N7O/c60-33-35-17-21-52-43(29-35)40-10-2-5-15-50(40)64(52)37-19-23-55-47(31-37)59(45-12-7-26-62-57(45)58-46(59)13-8-27-63-58)48-32-38(20-24-56(48)67-55)65-51-16-6-3-11-41(51)44-30-36(18-22-53(44)65)66-49-14-4-1-9-39(49)42-25-28-61-34-54(42)66/h1-32,34H. The van der Waals surface area contributed by atoms with Crippen molar-refractivity contribution in [3.05, 3.63) is 229 Å². The van der Waals surface area contributed by atoms with Crippen LogP contribution in [0, 0.1) is 11.3 Å². The van der Waals surface area contributed by atoms with Crippen molar-refractivity contribution in [2.24, 2.45) is 0 Å². The summed E-state index contributed by atoms with van der Waals surface area (Å²) in [6, 6.07) is 64.6. The molecule has 0 N–H and O–H groups in total. The van der Waals surface area contributed by atoms with Crippen LogP contribution in [0.15, 0.2) is 201 Å². The van der Waals surface area contributed by atoms with E-state index in [1.165, 1.54) is 10.8 Å². The van der Waals surface area contributed by atoms with E-state index in [4.69, 9.17) is 14.7 Å². The molecular weight excluding hydrogens is 823 g/mol. The lowest BCUT2D eigenvalue weighted by Crippen LogP contribution is -2.32. The minimum absolute atomic E-state index is 0.629. The van der Waals surface area contributed by atoms with Crippen molar-refractivity contribution in [2.75, 3.05) is 0 Å². The van der Waals surface area contributed by atoms with Gasteiger partial charge in [0, 0.05) is 79.1 Å². The maximum absolute atomic E-state index is 9.89. The Balaban J connectivity index is 0.989. The van der Waals surface area contributed by atoms with Crippen LogP contribution >= 0.6 is 0 Å². The van der Waals surface area contributed by atoms with Gasteiger partial charge >= 0.3 is 0 Å². The summed E-state index contributed by atoms with van der Waals surface area (Å²) in [5.41, 5.74) is 15.2. The zero-order chi connectivity index (χ0) is 44.0. The maximum atomic E-state index is 9.89.